The van der Waals surface area contributed by atoms with E-state index in [1.165, 1.54) is 4.68 Å². The standard InChI is InChI=1S/C12H14N4O4/c1-3-20-10-6-8(4-5-9(10)19-2)12-13-14-15-16(12)7-11(17)18/h4-6H,3,7H2,1-2H3,(H,17,18). The van der Waals surface area contributed by atoms with Crippen molar-refractivity contribution in [3.63, 3.8) is 0 Å². The van der Waals surface area contributed by atoms with Gasteiger partial charge < -0.3 is 14.6 Å². The first-order valence-corrected chi connectivity index (χ1v) is 5.95. The Balaban J connectivity index is 2.40. The van der Waals surface area contributed by atoms with E-state index in [0.717, 1.165) is 0 Å². The van der Waals surface area contributed by atoms with Crippen LogP contribution in [0.4, 0.5) is 0 Å². The lowest BCUT2D eigenvalue weighted by Gasteiger charge is -2.10. The molecule has 1 heterocycles. The molecular formula is C12H14N4O4. The Bertz CT molecular complexity index is 611. The van der Waals surface area contributed by atoms with Gasteiger partial charge in [-0.2, -0.15) is 0 Å². The number of hydrogen-bond acceptors (Lipinski definition) is 6. The van der Waals surface area contributed by atoms with Crippen LogP contribution in [0.1, 0.15) is 6.92 Å². The highest BCUT2D eigenvalue weighted by atomic mass is 16.5. The molecule has 0 fully saturated rings. The van der Waals surface area contributed by atoms with Gasteiger partial charge in [-0.15, -0.1) is 5.10 Å². The summed E-state index contributed by atoms with van der Waals surface area (Å²) in [7, 11) is 1.55. The second kappa shape index (κ2) is 6.00. The first kappa shape index (κ1) is 13.8. The summed E-state index contributed by atoms with van der Waals surface area (Å²) < 4.78 is 11.9. The second-order valence-electron chi connectivity index (χ2n) is 3.85. The molecule has 1 aromatic heterocycles. The SMILES string of the molecule is CCOc1cc(-c2nnnn2CC(=O)O)ccc1OC. The summed E-state index contributed by atoms with van der Waals surface area (Å²) in [5.74, 6) is 0.485. The number of aromatic nitrogens is 4. The van der Waals surface area contributed by atoms with E-state index >= 15 is 0 Å². The number of carboxylic acid groups (broad SMARTS) is 1. The molecule has 20 heavy (non-hydrogen) atoms. The molecule has 2 rings (SSSR count). The van der Waals surface area contributed by atoms with Crippen molar-refractivity contribution >= 4 is 5.97 Å². The Morgan fingerprint density at radius 2 is 2.20 bits per heavy atom. The highest BCUT2D eigenvalue weighted by molar-refractivity contribution is 5.68. The van der Waals surface area contributed by atoms with E-state index in [1.54, 1.807) is 25.3 Å². The van der Waals surface area contributed by atoms with Gasteiger partial charge in [0.25, 0.3) is 0 Å². The lowest BCUT2D eigenvalue weighted by molar-refractivity contribution is -0.137. The van der Waals surface area contributed by atoms with Crippen LogP contribution in [-0.2, 0) is 11.3 Å². The summed E-state index contributed by atoms with van der Waals surface area (Å²) in [6.07, 6.45) is 0. The maximum atomic E-state index is 10.8. The minimum atomic E-state index is -1.02. The molecule has 0 atom stereocenters. The summed E-state index contributed by atoms with van der Waals surface area (Å²) in [4.78, 5) is 10.8. The molecule has 0 amide bonds. The molecule has 0 saturated carbocycles. The van der Waals surface area contributed by atoms with E-state index in [-0.39, 0.29) is 6.54 Å². The minimum Gasteiger partial charge on any atom is -0.493 e. The fraction of sp³-hybridized carbons (Fsp3) is 0.333. The van der Waals surface area contributed by atoms with Gasteiger partial charge in [0.1, 0.15) is 6.54 Å². The predicted octanol–water partition coefficient (Wildman–Crippen LogP) is 0.832. The molecule has 0 unspecified atom stereocenters. The average Bonchev–Trinajstić information content (AvgIpc) is 2.86. The molecule has 0 radical (unpaired) electrons. The van der Waals surface area contributed by atoms with Gasteiger partial charge in [0.15, 0.2) is 17.3 Å². The Morgan fingerprint density at radius 1 is 1.40 bits per heavy atom. The normalized spacial score (nSPS) is 10.3. The zero-order chi connectivity index (χ0) is 14.5. The molecule has 0 aliphatic rings. The zero-order valence-corrected chi connectivity index (χ0v) is 11.1. The number of carbonyl (C=O) groups is 1. The van der Waals surface area contributed by atoms with Crippen molar-refractivity contribution in [3.05, 3.63) is 18.2 Å². The van der Waals surface area contributed by atoms with E-state index in [9.17, 15) is 4.79 Å². The lowest BCUT2D eigenvalue weighted by atomic mass is 10.2. The number of rotatable bonds is 6. The number of methoxy groups -OCH3 is 1. The second-order valence-corrected chi connectivity index (χ2v) is 3.85. The van der Waals surface area contributed by atoms with Crippen LogP contribution in [0.3, 0.4) is 0 Å². The molecule has 8 nitrogen and oxygen atoms in total. The van der Waals surface area contributed by atoms with E-state index in [4.69, 9.17) is 14.6 Å². The summed E-state index contributed by atoms with van der Waals surface area (Å²) in [6.45, 7) is 2.04. The van der Waals surface area contributed by atoms with Crippen molar-refractivity contribution in [1.82, 2.24) is 20.2 Å². The molecule has 8 heteroatoms. The fourth-order valence-electron chi connectivity index (χ4n) is 1.73. The van der Waals surface area contributed by atoms with E-state index < -0.39 is 5.97 Å². The molecule has 106 valence electrons. The van der Waals surface area contributed by atoms with Crippen LogP contribution in [0.25, 0.3) is 11.4 Å². The van der Waals surface area contributed by atoms with Gasteiger partial charge in [0.2, 0.25) is 0 Å². The van der Waals surface area contributed by atoms with Crippen LogP contribution in [0.15, 0.2) is 18.2 Å². The van der Waals surface area contributed by atoms with Gasteiger partial charge in [-0.1, -0.05) is 0 Å². The molecule has 0 aliphatic heterocycles. The highest BCUT2D eigenvalue weighted by Gasteiger charge is 2.14. The van der Waals surface area contributed by atoms with Crippen LogP contribution in [0.2, 0.25) is 0 Å². The van der Waals surface area contributed by atoms with Gasteiger partial charge >= 0.3 is 5.97 Å². The Hall–Kier alpha value is -2.64. The fourth-order valence-corrected chi connectivity index (χ4v) is 1.73. The largest absolute Gasteiger partial charge is 0.493 e. The van der Waals surface area contributed by atoms with Gasteiger partial charge in [0.05, 0.1) is 13.7 Å². The van der Waals surface area contributed by atoms with Crippen LogP contribution in [-0.4, -0.2) is 45.0 Å². The van der Waals surface area contributed by atoms with Crippen LogP contribution < -0.4 is 9.47 Å². The lowest BCUT2D eigenvalue weighted by Crippen LogP contribution is -2.11. The summed E-state index contributed by atoms with van der Waals surface area (Å²) >= 11 is 0. The van der Waals surface area contributed by atoms with Gasteiger partial charge in [-0.3, -0.25) is 4.79 Å². The molecule has 2 aromatic rings. The number of carboxylic acids is 1. The molecule has 0 saturated heterocycles. The van der Waals surface area contributed by atoms with E-state index in [1.807, 2.05) is 6.92 Å². The maximum absolute atomic E-state index is 10.8. The minimum absolute atomic E-state index is 0.307. The van der Waals surface area contributed by atoms with Crippen molar-refractivity contribution in [2.45, 2.75) is 13.5 Å². The monoisotopic (exact) mass is 278 g/mol. The van der Waals surface area contributed by atoms with Crippen LogP contribution in [0, 0.1) is 0 Å². The average molecular weight is 278 g/mol. The summed E-state index contributed by atoms with van der Waals surface area (Å²) in [6, 6.07) is 5.18. The molecule has 0 bridgehead atoms. The number of aliphatic carboxylic acids is 1. The Labute approximate surface area is 114 Å². The first-order chi connectivity index (χ1) is 9.65. The van der Waals surface area contributed by atoms with E-state index in [0.29, 0.717) is 29.5 Å². The van der Waals surface area contributed by atoms with Crippen molar-refractivity contribution < 1.29 is 19.4 Å². The molecule has 0 aliphatic carbocycles. The molecule has 0 spiro atoms. The topological polar surface area (TPSA) is 99.4 Å². The number of hydrogen-bond donors (Lipinski definition) is 1. The van der Waals surface area contributed by atoms with Crippen molar-refractivity contribution in [2.24, 2.45) is 0 Å². The third-order valence-electron chi connectivity index (χ3n) is 2.54. The molecule has 1 N–H and O–H groups in total. The number of nitrogens with zero attached hydrogens (tertiary/aromatic N) is 4. The van der Waals surface area contributed by atoms with Gasteiger partial charge in [0, 0.05) is 5.56 Å². The van der Waals surface area contributed by atoms with Crippen molar-refractivity contribution in [3.8, 4) is 22.9 Å². The van der Waals surface area contributed by atoms with Crippen LogP contribution in [0.5, 0.6) is 11.5 Å². The quantitative estimate of drug-likeness (QED) is 0.835. The van der Waals surface area contributed by atoms with Crippen molar-refractivity contribution in [2.75, 3.05) is 13.7 Å². The van der Waals surface area contributed by atoms with Crippen LogP contribution >= 0.6 is 0 Å². The molecule has 1 aromatic carbocycles. The highest BCUT2D eigenvalue weighted by Crippen LogP contribution is 2.31. The Morgan fingerprint density at radius 3 is 2.85 bits per heavy atom. The van der Waals surface area contributed by atoms with Gasteiger partial charge in [-0.25, -0.2) is 4.68 Å². The third kappa shape index (κ3) is 2.85. The van der Waals surface area contributed by atoms with E-state index in [2.05, 4.69) is 15.5 Å². The first-order valence-electron chi connectivity index (χ1n) is 5.95. The molecular weight excluding hydrogens is 264 g/mol. The zero-order valence-electron chi connectivity index (χ0n) is 11.1. The predicted molar refractivity (Wildman–Crippen MR) is 68.6 cm³/mol. The van der Waals surface area contributed by atoms with Crippen molar-refractivity contribution in [1.29, 1.82) is 0 Å². The third-order valence-corrected chi connectivity index (χ3v) is 2.54. The Kier molecular flexibility index (Phi) is 4.14. The summed E-state index contributed by atoms with van der Waals surface area (Å²) in [5, 5.41) is 19.8. The number of ether oxygens (including phenoxy) is 2. The maximum Gasteiger partial charge on any atom is 0.325 e. The smallest absolute Gasteiger partial charge is 0.325 e. The summed E-state index contributed by atoms with van der Waals surface area (Å²) in [5.41, 5.74) is 0.653. The number of benzene rings is 1. The van der Waals surface area contributed by atoms with Gasteiger partial charge in [-0.05, 0) is 35.5 Å². The number of tetrazole rings is 1.